The highest BCUT2D eigenvalue weighted by Crippen LogP contribution is 2.17. The Kier molecular flexibility index (Phi) is 5.29. The predicted octanol–water partition coefficient (Wildman–Crippen LogP) is 1.13. The average molecular weight is 322 g/mol. The molecule has 2 aromatic heterocycles. The Balaban J connectivity index is 2.10. The molecule has 22 heavy (non-hydrogen) atoms. The number of likely N-dealkylation sites (N-methyl/N-ethyl adjacent to an activating group) is 1. The first-order valence-electron chi connectivity index (χ1n) is 6.67. The van der Waals surface area contributed by atoms with E-state index in [1.807, 2.05) is 19.0 Å². The van der Waals surface area contributed by atoms with Crippen LogP contribution in [0.15, 0.2) is 29.2 Å². The molecule has 1 N–H and O–H groups in total. The minimum Gasteiger partial charge on any atom is -0.480 e. The van der Waals surface area contributed by atoms with Gasteiger partial charge in [-0.1, -0.05) is 0 Å². The number of aromatic nitrogens is 2. The van der Waals surface area contributed by atoms with E-state index in [-0.39, 0.29) is 11.5 Å². The molecule has 0 radical (unpaired) electrons. The lowest BCUT2D eigenvalue weighted by molar-refractivity contribution is 0.103. The molecular weight excluding hydrogens is 304 g/mol. The zero-order valence-electron chi connectivity index (χ0n) is 12.7. The third kappa shape index (κ3) is 4.15. The van der Waals surface area contributed by atoms with Crippen molar-refractivity contribution in [3.63, 3.8) is 0 Å². The largest absolute Gasteiger partial charge is 0.480 e. The lowest BCUT2D eigenvalue weighted by Crippen LogP contribution is -2.26. The Labute approximate surface area is 132 Å². The normalized spacial score (nSPS) is 10.7. The summed E-state index contributed by atoms with van der Waals surface area (Å²) < 4.78 is 10.5. The fourth-order valence-corrected chi connectivity index (χ4v) is 2.35. The van der Waals surface area contributed by atoms with Gasteiger partial charge in [-0.3, -0.25) is 9.59 Å². The Morgan fingerprint density at radius 1 is 1.45 bits per heavy atom. The number of ether oxygens (including phenoxy) is 1. The van der Waals surface area contributed by atoms with Crippen molar-refractivity contribution in [2.45, 2.75) is 6.54 Å². The van der Waals surface area contributed by atoms with Gasteiger partial charge in [-0.15, -0.1) is 0 Å². The van der Waals surface area contributed by atoms with E-state index >= 15 is 0 Å². The Morgan fingerprint density at radius 3 is 2.86 bits per heavy atom. The van der Waals surface area contributed by atoms with Crippen LogP contribution in [0.5, 0.6) is 5.88 Å². The first kappa shape index (κ1) is 16.2. The average Bonchev–Trinajstić information content (AvgIpc) is 2.96. The maximum atomic E-state index is 12.1. The van der Waals surface area contributed by atoms with Crippen LogP contribution >= 0.6 is 11.5 Å². The second-order valence-corrected chi connectivity index (χ2v) is 5.75. The van der Waals surface area contributed by atoms with Gasteiger partial charge < -0.3 is 19.5 Å². The molecule has 0 unspecified atom stereocenters. The summed E-state index contributed by atoms with van der Waals surface area (Å²) in [5.74, 6) is 0.129. The fourth-order valence-electron chi connectivity index (χ4n) is 1.74. The number of rotatable bonds is 6. The van der Waals surface area contributed by atoms with Crippen molar-refractivity contribution in [1.82, 2.24) is 13.8 Å². The van der Waals surface area contributed by atoms with Gasteiger partial charge in [0.15, 0.2) is 0 Å². The van der Waals surface area contributed by atoms with Crippen molar-refractivity contribution in [2.24, 2.45) is 0 Å². The minimum atomic E-state index is -0.279. The second-order valence-electron chi connectivity index (χ2n) is 4.94. The van der Waals surface area contributed by atoms with E-state index in [4.69, 9.17) is 4.74 Å². The van der Waals surface area contributed by atoms with Crippen LogP contribution in [-0.2, 0) is 6.54 Å². The van der Waals surface area contributed by atoms with Crippen molar-refractivity contribution >= 4 is 23.1 Å². The Hall–Kier alpha value is -2.19. The molecule has 7 nitrogen and oxygen atoms in total. The van der Waals surface area contributed by atoms with Crippen molar-refractivity contribution in [3.8, 4) is 5.88 Å². The quantitative estimate of drug-likeness (QED) is 0.863. The summed E-state index contributed by atoms with van der Waals surface area (Å²) in [7, 11) is 5.37. The van der Waals surface area contributed by atoms with Crippen molar-refractivity contribution in [2.75, 3.05) is 33.1 Å². The molecule has 118 valence electrons. The summed E-state index contributed by atoms with van der Waals surface area (Å²) >= 11 is 1.06. The van der Waals surface area contributed by atoms with Crippen LogP contribution in [0.2, 0.25) is 0 Å². The molecule has 0 aliphatic heterocycles. The van der Waals surface area contributed by atoms with Gasteiger partial charge in [0, 0.05) is 31.4 Å². The van der Waals surface area contributed by atoms with Gasteiger partial charge in [0.05, 0.1) is 12.8 Å². The standard InChI is InChI=1S/C14H18N4O3S/c1-17(2)6-7-18-9-10(4-5-13(18)19)15-14(20)11-8-12(21-3)16-22-11/h4-5,8-9H,6-7H2,1-3H3,(H,15,20). The molecule has 0 atom stereocenters. The summed E-state index contributed by atoms with van der Waals surface area (Å²) in [6.07, 6.45) is 1.64. The van der Waals surface area contributed by atoms with Gasteiger partial charge >= 0.3 is 0 Å². The predicted molar refractivity (Wildman–Crippen MR) is 85.9 cm³/mol. The molecule has 2 aromatic rings. The van der Waals surface area contributed by atoms with Crippen molar-refractivity contribution in [3.05, 3.63) is 39.6 Å². The van der Waals surface area contributed by atoms with E-state index in [0.29, 0.717) is 23.0 Å². The summed E-state index contributed by atoms with van der Waals surface area (Å²) in [6, 6.07) is 4.60. The molecule has 0 spiro atoms. The van der Waals surface area contributed by atoms with Gasteiger partial charge in [-0.25, -0.2) is 0 Å². The molecule has 2 heterocycles. The van der Waals surface area contributed by atoms with Crippen LogP contribution in [0, 0.1) is 0 Å². The number of nitrogens with one attached hydrogen (secondary N) is 1. The number of hydrogen-bond donors (Lipinski definition) is 1. The van der Waals surface area contributed by atoms with E-state index in [1.54, 1.807) is 22.9 Å². The summed E-state index contributed by atoms with van der Waals surface area (Å²) in [5.41, 5.74) is 0.468. The minimum absolute atomic E-state index is 0.0979. The van der Waals surface area contributed by atoms with E-state index in [2.05, 4.69) is 9.69 Å². The van der Waals surface area contributed by atoms with Crippen LogP contribution in [0.3, 0.4) is 0 Å². The summed E-state index contributed by atoms with van der Waals surface area (Å²) in [5, 5.41) is 2.75. The van der Waals surface area contributed by atoms with E-state index in [9.17, 15) is 9.59 Å². The Bertz CT molecular complexity index is 708. The van der Waals surface area contributed by atoms with Gasteiger partial charge in [0.25, 0.3) is 11.5 Å². The molecule has 8 heteroatoms. The van der Waals surface area contributed by atoms with Crippen LogP contribution in [0.1, 0.15) is 9.67 Å². The zero-order valence-corrected chi connectivity index (χ0v) is 13.5. The number of methoxy groups -OCH3 is 1. The number of carbonyl (C=O) groups is 1. The van der Waals surface area contributed by atoms with Gasteiger partial charge in [-0.05, 0) is 31.7 Å². The van der Waals surface area contributed by atoms with Crippen molar-refractivity contribution in [1.29, 1.82) is 0 Å². The van der Waals surface area contributed by atoms with E-state index < -0.39 is 0 Å². The van der Waals surface area contributed by atoms with Crippen molar-refractivity contribution < 1.29 is 9.53 Å². The fraction of sp³-hybridized carbons (Fsp3) is 0.357. The van der Waals surface area contributed by atoms with E-state index in [1.165, 1.54) is 13.2 Å². The molecular formula is C14H18N4O3S. The maximum absolute atomic E-state index is 12.1. The number of anilines is 1. The molecule has 0 saturated carbocycles. The number of nitrogens with zero attached hydrogens (tertiary/aromatic N) is 3. The second kappa shape index (κ2) is 7.19. The highest BCUT2D eigenvalue weighted by Gasteiger charge is 2.11. The third-order valence-corrected chi connectivity index (χ3v) is 3.72. The number of pyridine rings is 1. The maximum Gasteiger partial charge on any atom is 0.267 e. The molecule has 0 aromatic carbocycles. The zero-order chi connectivity index (χ0) is 16.1. The molecule has 0 aliphatic rings. The highest BCUT2D eigenvalue weighted by molar-refractivity contribution is 7.08. The van der Waals surface area contributed by atoms with Crippen LogP contribution < -0.4 is 15.6 Å². The molecule has 0 fully saturated rings. The molecule has 1 amide bonds. The van der Waals surface area contributed by atoms with Gasteiger partial charge in [-0.2, -0.15) is 4.37 Å². The highest BCUT2D eigenvalue weighted by atomic mass is 32.1. The smallest absolute Gasteiger partial charge is 0.267 e. The molecule has 0 saturated heterocycles. The summed E-state index contributed by atoms with van der Waals surface area (Å²) in [6.45, 7) is 1.30. The monoisotopic (exact) mass is 322 g/mol. The lowest BCUT2D eigenvalue weighted by Gasteiger charge is -2.12. The van der Waals surface area contributed by atoms with E-state index in [0.717, 1.165) is 18.1 Å². The SMILES string of the molecule is COc1cc(C(=O)Nc2ccc(=O)n(CCN(C)C)c2)sn1. The van der Waals surface area contributed by atoms with Gasteiger partial charge in [0.2, 0.25) is 5.88 Å². The van der Waals surface area contributed by atoms with Gasteiger partial charge in [0.1, 0.15) is 4.88 Å². The topological polar surface area (TPSA) is 76.5 Å². The number of hydrogen-bond acceptors (Lipinski definition) is 6. The number of carbonyl (C=O) groups excluding carboxylic acids is 1. The molecule has 0 aliphatic carbocycles. The third-order valence-electron chi connectivity index (χ3n) is 2.95. The van der Waals surface area contributed by atoms with Crippen LogP contribution in [-0.4, -0.2) is 47.5 Å². The molecule has 0 bridgehead atoms. The lowest BCUT2D eigenvalue weighted by atomic mass is 10.3. The van der Waals surface area contributed by atoms with Crippen LogP contribution in [0.4, 0.5) is 5.69 Å². The molecule has 2 rings (SSSR count). The number of amides is 1. The summed E-state index contributed by atoms with van der Waals surface area (Å²) in [4.78, 5) is 26.3. The Morgan fingerprint density at radius 2 is 2.23 bits per heavy atom. The van der Waals surface area contributed by atoms with Crippen LogP contribution in [0.25, 0.3) is 0 Å². The first-order chi connectivity index (χ1) is 10.5. The first-order valence-corrected chi connectivity index (χ1v) is 7.44.